The smallest absolute Gasteiger partial charge is 0.289 e. The molecular weight excluding hydrogens is 376 g/mol. The van der Waals surface area contributed by atoms with Crippen molar-refractivity contribution in [2.24, 2.45) is 5.10 Å². The number of nitrogens with zero attached hydrogens (tertiary/aromatic N) is 2. The average molecular weight is 396 g/mol. The maximum Gasteiger partial charge on any atom is 0.289 e. The number of rotatable bonds is 7. The highest BCUT2D eigenvalue weighted by Crippen LogP contribution is 2.23. The summed E-state index contributed by atoms with van der Waals surface area (Å²) < 4.78 is 5.87. The van der Waals surface area contributed by atoms with E-state index in [9.17, 15) is 4.79 Å². The second kappa shape index (κ2) is 9.34. The van der Waals surface area contributed by atoms with Crippen molar-refractivity contribution in [3.63, 3.8) is 0 Å². The molecule has 4 aromatic rings. The zero-order chi connectivity index (χ0) is 20.6. The number of ether oxygens (including phenoxy) is 1. The van der Waals surface area contributed by atoms with Gasteiger partial charge in [-0.1, -0.05) is 72.8 Å². The van der Waals surface area contributed by atoms with Gasteiger partial charge in [0.05, 0.1) is 11.9 Å². The van der Waals surface area contributed by atoms with E-state index in [4.69, 9.17) is 4.74 Å². The quantitative estimate of drug-likeness (QED) is 0.358. The third kappa shape index (κ3) is 4.99. The van der Waals surface area contributed by atoms with Crippen LogP contribution >= 0.6 is 0 Å². The molecule has 2 N–H and O–H groups in total. The summed E-state index contributed by atoms with van der Waals surface area (Å²) in [4.78, 5) is 12.3. The molecule has 0 saturated heterocycles. The first-order valence-electron chi connectivity index (χ1n) is 9.49. The molecule has 1 heterocycles. The molecule has 1 aromatic heterocycles. The van der Waals surface area contributed by atoms with Gasteiger partial charge in [0.25, 0.3) is 5.91 Å². The van der Waals surface area contributed by atoms with E-state index >= 15 is 0 Å². The summed E-state index contributed by atoms with van der Waals surface area (Å²) >= 11 is 0. The van der Waals surface area contributed by atoms with Crippen molar-refractivity contribution in [3.05, 3.63) is 108 Å². The van der Waals surface area contributed by atoms with Gasteiger partial charge in [0.1, 0.15) is 18.1 Å². The molecule has 1 amide bonds. The predicted molar refractivity (Wildman–Crippen MR) is 116 cm³/mol. The van der Waals surface area contributed by atoms with Crippen molar-refractivity contribution in [3.8, 4) is 17.0 Å². The first-order valence-corrected chi connectivity index (χ1v) is 9.49. The fraction of sp³-hybridized carbons (Fsp3) is 0.0417. The van der Waals surface area contributed by atoms with Gasteiger partial charge < -0.3 is 4.74 Å². The standard InChI is InChI=1S/C24H20N4O2/c29-24(28-25-16-18-8-3-1-4-9-18)23-15-22(26-27-23)20-12-7-13-21(14-20)30-17-19-10-5-2-6-11-19/h1-16H,17H2,(H,26,27)(H,28,29)/b25-16-. The number of hydrazone groups is 1. The molecule has 3 aromatic carbocycles. The van der Waals surface area contributed by atoms with Crippen molar-refractivity contribution in [1.82, 2.24) is 15.6 Å². The maximum atomic E-state index is 12.3. The van der Waals surface area contributed by atoms with E-state index in [0.717, 1.165) is 22.4 Å². The SMILES string of the molecule is O=C(N/N=C\c1ccccc1)c1cc(-c2cccc(OCc3ccccc3)c2)n[nH]1. The molecule has 6 heteroatoms. The van der Waals surface area contributed by atoms with Gasteiger partial charge in [0.15, 0.2) is 0 Å². The van der Waals surface area contributed by atoms with E-state index in [-0.39, 0.29) is 5.91 Å². The van der Waals surface area contributed by atoms with E-state index in [1.165, 1.54) is 0 Å². The highest BCUT2D eigenvalue weighted by atomic mass is 16.5. The van der Waals surface area contributed by atoms with Gasteiger partial charge in [-0.25, -0.2) is 5.43 Å². The van der Waals surface area contributed by atoms with Gasteiger partial charge in [0.2, 0.25) is 0 Å². The molecule has 0 bridgehead atoms. The van der Waals surface area contributed by atoms with Crippen LogP contribution in [0.5, 0.6) is 5.75 Å². The highest BCUT2D eigenvalue weighted by molar-refractivity contribution is 5.94. The Labute approximate surface area is 174 Å². The van der Waals surface area contributed by atoms with Crippen LogP contribution in [0.4, 0.5) is 0 Å². The van der Waals surface area contributed by atoms with E-state index in [1.807, 2.05) is 84.9 Å². The topological polar surface area (TPSA) is 79.4 Å². The maximum absolute atomic E-state index is 12.3. The molecule has 6 nitrogen and oxygen atoms in total. The summed E-state index contributed by atoms with van der Waals surface area (Å²) in [5, 5.41) is 11.0. The lowest BCUT2D eigenvalue weighted by Gasteiger charge is -2.07. The molecule has 0 unspecified atom stereocenters. The van der Waals surface area contributed by atoms with Crippen LogP contribution in [0.2, 0.25) is 0 Å². The Bertz CT molecular complexity index is 1140. The lowest BCUT2D eigenvalue weighted by molar-refractivity contribution is 0.0950. The lowest BCUT2D eigenvalue weighted by atomic mass is 10.1. The number of aromatic nitrogens is 2. The van der Waals surface area contributed by atoms with Gasteiger partial charge >= 0.3 is 0 Å². The highest BCUT2D eigenvalue weighted by Gasteiger charge is 2.11. The van der Waals surface area contributed by atoms with Crippen LogP contribution in [0.3, 0.4) is 0 Å². The number of carbonyl (C=O) groups is 1. The van der Waals surface area contributed by atoms with Crippen LogP contribution in [0.25, 0.3) is 11.3 Å². The fourth-order valence-electron chi connectivity index (χ4n) is 2.84. The van der Waals surface area contributed by atoms with Gasteiger partial charge in [-0.15, -0.1) is 0 Å². The third-order valence-corrected chi connectivity index (χ3v) is 4.38. The normalized spacial score (nSPS) is 10.8. The fourth-order valence-corrected chi connectivity index (χ4v) is 2.84. The Hall–Kier alpha value is -4.19. The van der Waals surface area contributed by atoms with Crippen LogP contribution in [-0.4, -0.2) is 22.3 Å². The number of H-pyrrole nitrogens is 1. The van der Waals surface area contributed by atoms with Crippen LogP contribution < -0.4 is 10.2 Å². The Morgan fingerprint density at radius 3 is 2.53 bits per heavy atom. The number of hydrogen-bond acceptors (Lipinski definition) is 4. The summed E-state index contributed by atoms with van der Waals surface area (Å²) in [6.45, 7) is 0.484. The second-order valence-corrected chi connectivity index (χ2v) is 6.58. The summed E-state index contributed by atoms with van der Waals surface area (Å²) in [7, 11) is 0. The predicted octanol–water partition coefficient (Wildman–Crippen LogP) is 4.42. The summed E-state index contributed by atoms with van der Waals surface area (Å²) in [5.74, 6) is 0.371. The second-order valence-electron chi connectivity index (χ2n) is 6.58. The first-order chi connectivity index (χ1) is 14.8. The first kappa shape index (κ1) is 19.1. The Morgan fingerprint density at radius 1 is 0.967 bits per heavy atom. The molecule has 30 heavy (non-hydrogen) atoms. The van der Waals surface area contributed by atoms with Gasteiger partial charge in [0, 0.05) is 5.56 Å². The van der Waals surface area contributed by atoms with Crippen LogP contribution in [0.15, 0.2) is 96.1 Å². The number of hydrogen-bond donors (Lipinski definition) is 2. The average Bonchev–Trinajstić information content (AvgIpc) is 3.30. The summed E-state index contributed by atoms with van der Waals surface area (Å²) in [5.41, 5.74) is 6.32. The molecule has 0 aliphatic heterocycles. The van der Waals surface area contributed by atoms with Gasteiger partial charge in [-0.05, 0) is 29.3 Å². The van der Waals surface area contributed by atoms with E-state index < -0.39 is 0 Å². The minimum atomic E-state index is -0.364. The van der Waals surface area contributed by atoms with Crippen molar-refractivity contribution < 1.29 is 9.53 Å². The van der Waals surface area contributed by atoms with Crippen molar-refractivity contribution >= 4 is 12.1 Å². The number of benzene rings is 3. The number of nitrogens with one attached hydrogen (secondary N) is 2. The zero-order valence-corrected chi connectivity index (χ0v) is 16.2. The number of carbonyl (C=O) groups excluding carboxylic acids is 1. The molecule has 0 aliphatic carbocycles. The van der Waals surface area contributed by atoms with Crippen molar-refractivity contribution in [2.75, 3.05) is 0 Å². The van der Waals surface area contributed by atoms with Crippen molar-refractivity contribution in [1.29, 1.82) is 0 Å². The van der Waals surface area contributed by atoms with E-state index in [1.54, 1.807) is 12.3 Å². The van der Waals surface area contributed by atoms with Gasteiger partial charge in [-0.2, -0.15) is 10.2 Å². The molecule has 148 valence electrons. The Morgan fingerprint density at radius 2 is 1.73 bits per heavy atom. The summed E-state index contributed by atoms with van der Waals surface area (Å²) in [6, 6.07) is 28.8. The molecular formula is C24H20N4O2. The zero-order valence-electron chi connectivity index (χ0n) is 16.2. The molecule has 4 rings (SSSR count). The molecule has 0 saturated carbocycles. The van der Waals surface area contributed by atoms with Crippen molar-refractivity contribution in [2.45, 2.75) is 6.61 Å². The van der Waals surface area contributed by atoms with E-state index in [0.29, 0.717) is 18.0 Å². The molecule has 0 spiro atoms. The van der Waals surface area contributed by atoms with Crippen LogP contribution in [0.1, 0.15) is 21.6 Å². The lowest BCUT2D eigenvalue weighted by Crippen LogP contribution is -2.17. The van der Waals surface area contributed by atoms with Gasteiger partial charge in [-0.3, -0.25) is 9.89 Å². The minimum Gasteiger partial charge on any atom is -0.489 e. The monoisotopic (exact) mass is 396 g/mol. The minimum absolute atomic E-state index is 0.325. The molecule has 0 atom stereocenters. The Balaban J connectivity index is 1.39. The molecule has 0 fully saturated rings. The number of aromatic amines is 1. The number of amides is 1. The Kier molecular flexibility index (Phi) is 5.96. The summed E-state index contributed by atoms with van der Waals surface area (Å²) in [6.07, 6.45) is 1.59. The van der Waals surface area contributed by atoms with Crippen LogP contribution in [0, 0.1) is 0 Å². The largest absolute Gasteiger partial charge is 0.489 e. The molecule has 0 aliphatic rings. The molecule has 0 radical (unpaired) electrons. The van der Waals surface area contributed by atoms with Crippen LogP contribution in [-0.2, 0) is 6.61 Å². The third-order valence-electron chi connectivity index (χ3n) is 4.38. The van der Waals surface area contributed by atoms with E-state index in [2.05, 4.69) is 20.7 Å².